The number of fused-ring (bicyclic) bond motifs is 5. The van der Waals surface area contributed by atoms with Crippen LogP contribution in [0.5, 0.6) is 0 Å². The summed E-state index contributed by atoms with van der Waals surface area (Å²) in [5, 5.41) is 2.42. The van der Waals surface area contributed by atoms with Crippen molar-refractivity contribution < 1.29 is 0 Å². The van der Waals surface area contributed by atoms with Crippen LogP contribution in [0.1, 0.15) is 0 Å². The molecular weight excluding hydrogens is 743 g/mol. The molecule has 0 aliphatic rings. The number of hydrogen-bond donors (Lipinski definition) is 0. The van der Waals surface area contributed by atoms with Crippen LogP contribution in [-0.4, -0.2) is 23.7 Å². The maximum Gasteiger partial charge on any atom is 0.145 e. The maximum absolute atomic E-state index is 5.06. The zero-order valence-electron chi connectivity index (χ0n) is 33.1. The van der Waals surface area contributed by atoms with E-state index in [4.69, 9.17) is 9.97 Å². The molecule has 0 spiro atoms. The number of nitrogens with zero attached hydrogens (tertiary/aromatic N) is 5. The number of benzene rings is 9. The first-order chi connectivity index (χ1) is 30.2. The SMILES string of the molecule is c1ccc(-c2nc3ccccc3n2-c2ccc(-c3ccc4c(c3)c3cc(-c5ccc(-n6c(-c7ccccc7)nc7ccccc76)cc5)ccc3n4-c3ccccc3)cc2)cc1. The third-order valence-corrected chi connectivity index (χ3v) is 11.9. The molecule has 286 valence electrons. The van der Waals surface area contributed by atoms with Crippen molar-refractivity contribution in [1.29, 1.82) is 0 Å². The van der Waals surface area contributed by atoms with E-state index in [2.05, 4.69) is 214 Å². The van der Waals surface area contributed by atoms with Gasteiger partial charge in [0.15, 0.2) is 0 Å². The van der Waals surface area contributed by atoms with E-state index in [1.165, 1.54) is 32.9 Å². The largest absolute Gasteiger partial charge is 0.309 e. The first-order valence-corrected chi connectivity index (χ1v) is 20.7. The molecule has 0 unspecified atom stereocenters. The molecule has 0 radical (unpaired) electrons. The fraction of sp³-hybridized carbons (Fsp3) is 0. The lowest BCUT2D eigenvalue weighted by Gasteiger charge is -2.11. The predicted octanol–water partition coefficient (Wildman–Crippen LogP) is 14.1. The topological polar surface area (TPSA) is 40.6 Å². The second-order valence-corrected chi connectivity index (χ2v) is 15.5. The zero-order chi connectivity index (χ0) is 40.3. The van der Waals surface area contributed by atoms with E-state index in [9.17, 15) is 0 Å². The number of aromatic nitrogens is 5. The van der Waals surface area contributed by atoms with E-state index in [0.717, 1.165) is 73.0 Å². The normalized spacial score (nSPS) is 11.6. The van der Waals surface area contributed by atoms with E-state index >= 15 is 0 Å². The lowest BCUT2D eigenvalue weighted by Crippen LogP contribution is -1.97. The Labute approximate surface area is 352 Å². The van der Waals surface area contributed by atoms with Gasteiger partial charge in [-0.15, -0.1) is 0 Å². The molecule has 0 atom stereocenters. The fourth-order valence-electron chi connectivity index (χ4n) is 8.98. The highest BCUT2D eigenvalue weighted by Crippen LogP contribution is 2.38. The van der Waals surface area contributed by atoms with E-state index in [0.29, 0.717) is 0 Å². The molecule has 3 heterocycles. The van der Waals surface area contributed by atoms with Crippen molar-refractivity contribution >= 4 is 43.9 Å². The minimum absolute atomic E-state index is 0.933. The maximum atomic E-state index is 5.06. The van der Waals surface area contributed by atoms with Gasteiger partial charge in [0.2, 0.25) is 0 Å². The van der Waals surface area contributed by atoms with Crippen LogP contribution in [0, 0.1) is 0 Å². The zero-order valence-corrected chi connectivity index (χ0v) is 33.1. The average Bonchev–Trinajstić information content (AvgIpc) is 4.02. The minimum Gasteiger partial charge on any atom is -0.309 e. The molecule has 61 heavy (non-hydrogen) atoms. The summed E-state index contributed by atoms with van der Waals surface area (Å²) in [5.74, 6) is 1.87. The van der Waals surface area contributed by atoms with Crippen LogP contribution < -0.4 is 0 Å². The van der Waals surface area contributed by atoms with Gasteiger partial charge in [-0.2, -0.15) is 0 Å². The quantitative estimate of drug-likeness (QED) is 0.162. The molecule has 0 saturated heterocycles. The Balaban J connectivity index is 0.955. The Kier molecular flexibility index (Phi) is 8.10. The van der Waals surface area contributed by atoms with Gasteiger partial charge in [-0.05, 0) is 107 Å². The van der Waals surface area contributed by atoms with E-state index < -0.39 is 0 Å². The average molecular weight is 780 g/mol. The minimum atomic E-state index is 0.933. The van der Waals surface area contributed by atoms with Crippen LogP contribution in [0.2, 0.25) is 0 Å². The van der Waals surface area contributed by atoms with Crippen molar-refractivity contribution in [3.05, 3.63) is 224 Å². The van der Waals surface area contributed by atoms with E-state index in [1.54, 1.807) is 0 Å². The van der Waals surface area contributed by atoms with Gasteiger partial charge in [0.1, 0.15) is 11.6 Å². The monoisotopic (exact) mass is 779 g/mol. The molecule has 9 aromatic carbocycles. The lowest BCUT2D eigenvalue weighted by atomic mass is 10.00. The highest BCUT2D eigenvalue weighted by atomic mass is 15.1. The molecular formula is C56H37N5. The summed E-state index contributed by atoms with van der Waals surface area (Å²) in [6.07, 6.45) is 0. The number of imidazole rings is 2. The Morgan fingerprint density at radius 3 is 1.05 bits per heavy atom. The molecule has 12 aromatic rings. The van der Waals surface area contributed by atoms with Gasteiger partial charge in [-0.1, -0.05) is 140 Å². The van der Waals surface area contributed by atoms with Crippen LogP contribution in [0.15, 0.2) is 224 Å². The van der Waals surface area contributed by atoms with Crippen molar-refractivity contribution in [2.75, 3.05) is 0 Å². The summed E-state index contributed by atoms with van der Waals surface area (Å²) in [4.78, 5) is 10.1. The summed E-state index contributed by atoms with van der Waals surface area (Å²) in [6.45, 7) is 0. The molecule has 0 amide bonds. The molecule has 0 aliphatic carbocycles. The van der Waals surface area contributed by atoms with E-state index in [1.807, 2.05) is 24.3 Å². The summed E-state index contributed by atoms with van der Waals surface area (Å²) in [6, 6.07) is 79.8. The van der Waals surface area contributed by atoms with Crippen molar-refractivity contribution in [3.8, 4) is 62.1 Å². The lowest BCUT2D eigenvalue weighted by molar-refractivity contribution is 1.10. The van der Waals surface area contributed by atoms with Gasteiger partial charge < -0.3 is 4.57 Å². The van der Waals surface area contributed by atoms with Crippen LogP contribution in [0.3, 0.4) is 0 Å². The first kappa shape index (κ1) is 34.7. The molecule has 0 bridgehead atoms. The number of rotatable bonds is 7. The van der Waals surface area contributed by atoms with Crippen molar-refractivity contribution in [2.24, 2.45) is 0 Å². The van der Waals surface area contributed by atoms with Gasteiger partial charge in [0, 0.05) is 39.0 Å². The highest BCUT2D eigenvalue weighted by Gasteiger charge is 2.18. The van der Waals surface area contributed by atoms with Crippen LogP contribution in [0.4, 0.5) is 0 Å². The van der Waals surface area contributed by atoms with E-state index in [-0.39, 0.29) is 0 Å². The second kappa shape index (κ2) is 14.2. The summed E-state index contributed by atoms with van der Waals surface area (Å²) in [5.41, 5.74) is 16.6. The second-order valence-electron chi connectivity index (χ2n) is 15.5. The molecule has 12 rings (SSSR count). The summed E-state index contributed by atoms with van der Waals surface area (Å²) < 4.78 is 6.91. The Bertz CT molecular complexity index is 3320. The summed E-state index contributed by atoms with van der Waals surface area (Å²) >= 11 is 0. The number of hydrogen-bond acceptors (Lipinski definition) is 2. The van der Waals surface area contributed by atoms with Crippen LogP contribution in [0.25, 0.3) is 106 Å². The van der Waals surface area contributed by atoms with Gasteiger partial charge in [0.05, 0.1) is 33.1 Å². The Morgan fingerprint density at radius 2 is 0.607 bits per heavy atom. The fourth-order valence-corrected chi connectivity index (χ4v) is 8.98. The molecule has 0 N–H and O–H groups in total. The molecule has 0 aliphatic heterocycles. The number of para-hydroxylation sites is 5. The Hall–Kier alpha value is -8.28. The Morgan fingerprint density at radius 1 is 0.246 bits per heavy atom. The van der Waals surface area contributed by atoms with Crippen LogP contribution >= 0.6 is 0 Å². The van der Waals surface area contributed by atoms with Gasteiger partial charge in [0.25, 0.3) is 0 Å². The molecule has 0 fully saturated rings. The third kappa shape index (κ3) is 5.86. The van der Waals surface area contributed by atoms with Gasteiger partial charge in [-0.3, -0.25) is 9.13 Å². The molecule has 5 heteroatoms. The predicted molar refractivity (Wildman–Crippen MR) is 252 cm³/mol. The van der Waals surface area contributed by atoms with Crippen molar-refractivity contribution in [3.63, 3.8) is 0 Å². The molecule has 0 saturated carbocycles. The summed E-state index contributed by atoms with van der Waals surface area (Å²) in [7, 11) is 0. The van der Waals surface area contributed by atoms with Gasteiger partial charge >= 0.3 is 0 Å². The smallest absolute Gasteiger partial charge is 0.145 e. The van der Waals surface area contributed by atoms with Crippen LogP contribution in [-0.2, 0) is 0 Å². The first-order valence-electron chi connectivity index (χ1n) is 20.7. The standard InChI is InChI=1S/C56H37N5/c1-4-14-40(15-5-1)55-57-49-20-10-12-22-53(49)60(55)45-30-24-38(25-31-45)42-28-34-51-47(36-42)48-37-43(29-35-52(48)59(51)44-18-8-3-9-19-44)39-26-32-46(33-27-39)61-54-23-13-11-21-50(54)58-56(61)41-16-6-2-7-17-41/h1-37H. The highest BCUT2D eigenvalue weighted by molar-refractivity contribution is 6.11. The van der Waals surface area contributed by atoms with Gasteiger partial charge in [-0.25, -0.2) is 9.97 Å². The molecule has 3 aromatic heterocycles. The van der Waals surface area contributed by atoms with Crippen molar-refractivity contribution in [1.82, 2.24) is 23.7 Å². The molecule has 5 nitrogen and oxygen atoms in total. The van der Waals surface area contributed by atoms with Crippen molar-refractivity contribution in [2.45, 2.75) is 0 Å². The third-order valence-electron chi connectivity index (χ3n) is 11.9.